The quantitative estimate of drug-likeness (QED) is 0.647. The van der Waals surface area contributed by atoms with Crippen LogP contribution in [0.15, 0.2) is 0 Å². The van der Waals surface area contributed by atoms with Gasteiger partial charge in [0.15, 0.2) is 0 Å². The molecule has 2 nitrogen and oxygen atoms in total. The standard InChI is InChI=1S/C8H14O2S2/c1-6(10-7(2)9)8-11-4-3-5-12-8/h6,8H,3-5H2,1-2H3. The van der Waals surface area contributed by atoms with Crippen molar-refractivity contribution in [2.75, 3.05) is 11.5 Å². The topological polar surface area (TPSA) is 26.3 Å². The fourth-order valence-electron chi connectivity index (χ4n) is 1.09. The van der Waals surface area contributed by atoms with Crippen LogP contribution in [0.3, 0.4) is 0 Å². The SMILES string of the molecule is CC(=O)OC(C)C1SCCCS1. The summed E-state index contributed by atoms with van der Waals surface area (Å²) >= 11 is 3.80. The van der Waals surface area contributed by atoms with E-state index >= 15 is 0 Å². The Morgan fingerprint density at radius 3 is 2.58 bits per heavy atom. The zero-order valence-corrected chi connectivity index (χ0v) is 9.04. The highest BCUT2D eigenvalue weighted by molar-refractivity contribution is 8.17. The van der Waals surface area contributed by atoms with E-state index in [1.54, 1.807) is 0 Å². The number of esters is 1. The zero-order chi connectivity index (χ0) is 8.97. The van der Waals surface area contributed by atoms with Crippen molar-refractivity contribution in [3.8, 4) is 0 Å². The third-order valence-corrected chi connectivity index (χ3v) is 4.88. The van der Waals surface area contributed by atoms with Crippen molar-refractivity contribution in [3.63, 3.8) is 0 Å². The maximum atomic E-state index is 10.7. The Morgan fingerprint density at radius 2 is 2.08 bits per heavy atom. The minimum Gasteiger partial charge on any atom is -0.461 e. The van der Waals surface area contributed by atoms with E-state index in [0.717, 1.165) is 0 Å². The molecule has 1 saturated heterocycles. The summed E-state index contributed by atoms with van der Waals surface area (Å²) in [6.45, 7) is 3.44. The summed E-state index contributed by atoms with van der Waals surface area (Å²) in [6.07, 6.45) is 1.33. The molecule has 1 aliphatic heterocycles. The lowest BCUT2D eigenvalue weighted by Gasteiger charge is -2.25. The van der Waals surface area contributed by atoms with Gasteiger partial charge in [-0.2, -0.15) is 0 Å². The van der Waals surface area contributed by atoms with Crippen LogP contribution in [0.5, 0.6) is 0 Å². The van der Waals surface area contributed by atoms with E-state index in [2.05, 4.69) is 0 Å². The predicted octanol–water partition coefficient (Wildman–Crippen LogP) is 2.13. The molecule has 0 radical (unpaired) electrons. The molecule has 12 heavy (non-hydrogen) atoms. The van der Waals surface area contributed by atoms with E-state index in [0.29, 0.717) is 4.58 Å². The maximum Gasteiger partial charge on any atom is 0.302 e. The van der Waals surface area contributed by atoms with Gasteiger partial charge in [0.2, 0.25) is 0 Å². The van der Waals surface area contributed by atoms with Crippen molar-refractivity contribution in [3.05, 3.63) is 0 Å². The van der Waals surface area contributed by atoms with Gasteiger partial charge in [-0.3, -0.25) is 4.79 Å². The molecule has 0 bridgehead atoms. The highest BCUT2D eigenvalue weighted by atomic mass is 32.2. The smallest absolute Gasteiger partial charge is 0.302 e. The molecule has 4 heteroatoms. The molecule has 0 saturated carbocycles. The summed E-state index contributed by atoms with van der Waals surface area (Å²) < 4.78 is 5.56. The lowest BCUT2D eigenvalue weighted by molar-refractivity contribution is -0.144. The van der Waals surface area contributed by atoms with E-state index < -0.39 is 0 Å². The van der Waals surface area contributed by atoms with E-state index in [1.807, 2.05) is 30.4 Å². The molecule has 0 aromatic heterocycles. The van der Waals surface area contributed by atoms with Crippen LogP contribution in [0.1, 0.15) is 20.3 Å². The van der Waals surface area contributed by atoms with Crippen LogP contribution in [-0.4, -0.2) is 28.2 Å². The lowest BCUT2D eigenvalue weighted by Crippen LogP contribution is -2.25. The maximum absolute atomic E-state index is 10.7. The average Bonchev–Trinajstić information content (AvgIpc) is 2.05. The van der Waals surface area contributed by atoms with Crippen LogP contribution in [-0.2, 0) is 9.53 Å². The Hall–Kier alpha value is 0.170. The first-order chi connectivity index (χ1) is 5.70. The van der Waals surface area contributed by atoms with Crippen LogP contribution in [0, 0.1) is 0 Å². The molecule has 1 fully saturated rings. The van der Waals surface area contributed by atoms with E-state index in [1.165, 1.54) is 24.9 Å². The summed E-state index contributed by atoms with van der Waals surface area (Å²) in [6, 6.07) is 0. The van der Waals surface area contributed by atoms with Gasteiger partial charge in [-0.25, -0.2) is 0 Å². The van der Waals surface area contributed by atoms with Crippen molar-refractivity contribution < 1.29 is 9.53 Å². The van der Waals surface area contributed by atoms with E-state index in [4.69, 9.17) is 4.74 Å². The van der Waals surface area contributed by atoms with Gasteiger partial charge in [0.05, 0.1) is 4.58 Å². The molecule has 0 aromatic carbocycles. The average molecular weight is 206 g/mol. The number of thioether (sulfide) groups is 2. The normalized spacial score (nSPS) is 21.8. The van der Waals surface area contributed by atoms with Gasteiger partial charge < -0.3 is 4.74 Å². The van der Waals surface area contributed by atoms with Gasteiger partial charge in [-0.05, 0) is 24.9 Å². The van der Waals surface area contributed by atoms with E-state index in [9.17, 15) is 4.79 Å². The van der Waals surface area contributed by atoms with Crippen molar-refractivity contribution in [2.24, 2.45) is 0 Å². The molecule has 1 atom stereocenters. The first kappa shape index (κ1) is 10.3. The largest absolute Gasteiger partial charge is 0.461 e. The highest BCUT2D eigenvalue weighted by Crippen LogP contribution is 2.33. The van der Waals surface area contributed by atoms with Gasteiger partial charge in [-0.15, -0.1) is 23.5 Å². The first-order valence-corrected chi connectivity index (χ1v) is 6.20. The van der Waals surface area contributed by atoms with Gasteiger partial charge in [0.1, 0.15) is 6.10 Å². The molecular weight excluding hydrogens is 192 g/mol. The second kappa shape index (κ2) is 5.02. The molecule has 0 N–H and O–H groups in total. The van der Waals surface area contributed by atoms with Gasteiger partial charge in [-0.1, -0.05) is 0 Å². The summed E-state index contributed by atoms with van der Waals surface area (Å²) in [4.78, 5) is 10.7. The fraction of sp³-hybridized carbons (Fsp3) is 0.875. The Balaban J connectivity index is 2.29. The Morgan fingerprint density at radius 1 is 1.50 bits per heavy atom. The zero-order valence-electron chi connectivity index (χ0n) is 7.41. The van der Waals surface area contributed by atoms with Crippen LogP contribution >= 0.6 is 23.5 Å². The summed E-state index contributed by atoms with van der Waals surface area (Å²) in [5.74, 6) is 2.22. The predicted molar refractivity (Wildman–Crippen MR) is 54.5 cm³/mol. The number of rotatable bonds is 2. The summed E-state index contributed by atoms with van der Waals surface area (Å²) in [7, 11) is 0. The second-order valence-electron chi connectivity index (χ2n) is 2.78. The molecule has 0 aromatic rings. The molecule has 1 unspecified atom stereocenters. The molecule has 1 rings (SSSR count). The molecule has 1 aliphatic rings. The van der Waals surface area contributed by atoms with Crippen LogP contribution in [0.2, 0.25) is 0 Å². The van der Waals surface area contributed by atoms with Crippen molar-refractivity contribution in [2.45, 2.75) is 31.0 Å². The summed E-state index contributed by atoms with van der Waals surface area (Å²) in [5.41, 5.74) is 0. The van der Waals surface area contributed by atoms with Crippen LogP contribution in [0.4, 0.5) is 0 Å². The third kappa shape index (κ3) is 3.27. The minimum absolute atomic E-state index is 0.0535. The molecular formula is C8H14O2S2. The Kier molecular flexibility index (Phi) is 4.29. The number of ether oxygens (including phenoxy) is 1. The molecule has 0 spiro atoms. The molecule has 70 valence electrons. The highest BCUT2D eigenvalue weighted by Gasteiger charge is 2.22. The van der Waals surface area contributed by atoms with Gasteiger partial charge in [0.25, 0.3) is 0 Å². The van der Waals surface area contributed by atoms with Crippen LogP contribution < -0.4 is 0 Å². The third-order valence-electron chi connectivity index (χ3n) is 1.59. The number of carbonyl (C=O) groups excluding carboxylic acids is 1. The van der Waals surface area contributed by atoms with Crippen molar-refractivity contribution >= 4 is 29.5 Å². The Bertz CT molecular complexity index is 155. The monoisotopic (exact) mass is 206 g/mol. The van der Waals surface area contributed by atoms with Crippen molar-refractivity contribution in [1.82, 2.24) is 0 Å². The van der Waals surface area contributed by atoms with Crippen molar-refractivity contribution in [1.29, 1.82) is 0 Å². The number of carbonyl (C=O) groups is 1. The molecule has 1 heterocycles. The van der Waals surface area contributed by atoms with Gasteiger partial charge in [0, 0.05) is 6.92 Å². The fourth-order valence-corrected chi connectivity index (χ4v) is 3.98. The minimum atomic E-state index is -0.172. The van der Waals surface area contributed by atoms with Crippen LogP contribution in [0.25, 0.3) is 0 Å². The van der Waals surface area contributed by atoms with E-state index in [-0.39, 0.29) is 12.1 Å². The number of hydrogen-bond donors (Lipinski definition) is 0. The van der Waals surface area contributed by atoms with Gasteiger partial charge >= 0.3 is 5.97 Å². The molecule has 0 aliphatic carbocycles. The first-order valence-electron chi connectivity index (χ1n) is 4.10. The summed E-state index contributed by atoms with van der Waals surface area (Å²) in [5, 5.41) is 0. The number of hydrogen-bond acceptors (Lipinski definition) is 4. The lowest BCUT2D eigenvalue weighted by atomic mass is 10.5. The molecule has 0 amide bonds. The second-order valence-corrected chi connectivity index (χ2v) is 5.58. The Labute approximate surface area is 81.8 Å².